The Hall–Kier alpha value is -2.18. The molecule has 5 nitrogen and oxygen atoms in total. The van der Waals surface area contributed by atoms with E-state index in [1.165, 1.54) is 6.07 Å². The van der Waals surface area contributed by atoms with Crippen LogP contribution in [0.15, 0.2) is 47.4 Å². The van der Waals surface area contributed by atoms with Crippen LogP contribution < -0.4 is 10.5 Å². The highest BCUT2D eigenvalue weighted by molar-refractivity contribution is 7.89. The lowest BCUT2D eigenvalue weighted by Crippen LogP contribution is -2.27. The van der Waals surface area contributed by atoms with Crippen molar-refractivity contribution in [1.29, 1.82) is 0 Å². The SMILES string of the molecule is Cc1ccc(C(=O)NC2CCc3cc(S(N)(=O)=O)ccc32)cc1. The first-order chi connectivity index (χ1) is 10.8. The smallest absolute Gasteiger partial charge is 0.251 e. The van der Waals surface area contributed by atoms with Gasteiger partial charge in [-0.25, -0.2) is 13.6 Å². The normalized spacial score (nSPS) is 16.9. The highest BCUT2D eigenvalue weighted by atomic mass is 32.2. The van der Waals surface area contributed by atoms with E-state index in [4.69, 9.17) is 5.14 Å². The zero-order valence-corrected chi connectivity index (χ0v) is 13.6. The van der Waals surface area contributed by atoms with Crippen molar-refractivity contribution < 1.29 is 13.2 Å². The van der Waals surface area contributed by atoms with Gasteiger partial charge in [0.05, 0.1) is 10.9 Å². The van der Waals surface area contributed by atoms with Crippen LogP contribution >= 0.6 is 0 Å². The molecule has 1 aliphatic rings. The Morgan fingerprint density at radius 1 is 1.17 bits per heavy atom. The van der Waals surface area contributed by atoms with E-state index in [0.29, 0.717) is 5.56 Å². The van der Waals surface area contributed by atoms with Gasteiger partial charge in [0.1, 0.15) is 0 Å². The Balaban J connectivity index is 1.80. The van der Waals surface area contributed by atoms with E-state index in [-0.39, 0.29) is 16.8 Å². The highest BCUT2D eigenvalue weighted by Crippen LogP contribution is 2.32. The maximum absolute atomic E-state index is 12.3. The average molecular weight is 330 g/mol. The van der Waals surface area contributed by atoms with Gasteiger partial charge < -0.3 is 5.32 Å². The number of nitrogens with two attached hydrogens (primary N) is 1. The average Bonchev–Trinajstić information content (AvgIpc) is 2.89. The summed E-state index contributed by atoms with van der Waals surface area (Å²) in [6, 6.07) is 12.1. The minimum atomic E-state index is -3.70. The fourth-order valence-corrected chi connectivity index (χ4v) is 3.43. The quantitative estimate of drug-likeness (QED) is 0.902. The van der Waals surface area contributed by atoms with Crippen molar-refractivity contribution in [3.63, 3.8) is 0 Å². The minimum absolute atomic E-state index is 0.103. The number of carbonyl (C=O) groups is 1. The molecule has 0 aliphatic heterocycles. The lowest BCUT2D eigenvalue weighted by Gasteiger charge is -2.14. The predicted octanol–water partition coefficient (Wildman–Crippen LogP) is 2.06. The molecule has 1 aliphatic carbocycles. The van der Waals surface area contributed by atoms with Crippen molar-refractivity contribution in [3.05, 3.63) is 64.7 Å². The van der Waals surface area contributed by atoms with Crippen LogP contribution in [0, 0.1) is 6.92 Å². The Labute approximate surface area is 135 Å². The number of hydrogen-bond acceptors (Lipinski definition) is 3. The van der Waals surface area contributed by atoms with Gasteiger partial charge in [0.15, 0.2) is 0 Å². The Morgan fingerprint density at radius 3 is 2.52 bits per heavy atom. The third-order valence-electron chi connectivity index (χ3n) is 4.14. The summed E-state index contributed by atoms with van der Waals surface area (Å²) >= 11 is 0. The molecule has 0 fully saturated rings. The Kier molecular flexibility index (Phi) is 3.95. The first kappa shape index (κ1) is 15.7. The van der Waals surface area contributed by atoms with Crippen LogP contribution in [0.4, 0.5) is 0 Å². The topological polar surface area (TPSA) is 89.3 Å². The molecule has 3 rings (SSSR count). The van der Waals surface area contributed by atoms with E-state index in [9.17, 15) is 13.2 Å². The Morgan fingerprint density at radius 2 is 1.87 bits per heavy atom. The standard InChI is InChI=1S/C17H18N2O3S/c1-11-2-4-12(5-3-11)17(20)19-16-9-6-13-10-14(23(18,21)22)7-8-15(13)16/h2-5,7-8,10,16H,6,9H2,1H3,(H,19,20)(H2,18,21,22). The van der Waals surface area contributed by atoms with Gasteiger partial charge in [-0.15, -0.1) is 0 Å². The number of primary sulfonamides is 1. The minimum Gasteiger partial charge on any atom is -0.345 e. The summed E-state index contributed by atoms with van der Waals surface area (Å²) in [6.07, 6.45) is 1.47. The summed E-state index contributed by atoms with van der Waals surface area (Å²) in [5, 5.41) is 8.17. The number of rotatable bonds is 3. The van der Waals surface area contributed by atoms with Crippen LogP contribution in [0.1, 0.15) is 39.5 Å². The molecule has 23 heavy (non-hydrogen) atoms. The fourth-order valence-electron chi connectivity index (χ4n) is 2.87. The van der Waals surface area contributed by atoms with Crippen molar-refractivity contribution in [2.75, 3.05) is 0 Å². The lowest BCUT2D eigenvalue weighted by molar-refractivity contribution is 0.0936. The maximum Gasteiger partial charge on any atom is 0.251 e. The molecule has 0 radical (unpaired) electrons. The lowest BCUT2D eigenvalue weighted by atomic mass is 10.1. The molecule has 120 valence electrons. The molecule has 0 saturated heterocycles. The summed E-state index contributed by atoms with van der Waals surface area (Å²) in [5.41, 5.74) is 3.59. The van der Waals surface area contributed by atoms with Crippen molar-refractivity contribution in [2.24, 2.45) is 5.14 Å². The van der Waals surface area contributed by atoms with E-state index in [1.807, 2.05) is 19.1 Å². The highest BCUT2D eigenvalue weighted by Gasteiger charge is 2.25. The van der Waals surface area contributed by atoms with Gasteiger partial charge in [-0.1, -0.05) is 23.8 Å². The number of sulfonamides is 1. The van der Waals surface area contributed by atoms with Crippen LogP contribution in [0.3, 0.4) is 0 Å². The van der Waals surface area contributed by atoms with Crippen molar-refractivity contribution in [3.8, 4) is 0 Å². The third kappa shape index (κ3) is 3.28. The number of aryl methyl sites for hydroxylation is 2. The second-order valence-electron chi connectivity index (χ2n) is 5.84. The molecule has 0 aromatic heterocycles. The molecule has 6 heteroatoms. The molecule has 0 bridgehead atoms. The van der Waals surface area contributed by atoms with E-state index in [1.54, 1.807) is 24.3 Å². The molecule has 1 amide bonds. The van der Waals surface area contributed by atoms with E-state index < -0.39 is 10.0 Å². The van der Waals surface area contributed by atoms with Gasteiger partial charge in [-0.05, 0) is 55.2 Å². The largest absolute Gasteiger partial charge is 0.345 e. The van der Waals surface area contributed by atoms with E-state index in [0.717, 1.165) is 29.5 Å². The predicted molar refractivity (Wildman–Crippen MR) is 87.5 cm³/mol. The van der Waals surface area contributed by atoms with Crippen LogP contribution in [-0.4, -0.2) is 14.3 Å². The van der Waals surface area contributed by atoms with E-state index in [2.05, 4.69) is 5.32 Å². The number of nitrogens with one attached hydrogen (secondary N) is 1. The van der Waals surface area contributed by atoms with Gasteiger partial charge in [-0.3, -0.25) is 4.79 Å². The summed E-state index contributed by atoms with van der Waals surface area (Å²) in [7, 11) is -3.70. The van der Waals surface area contributed by atoms with Crippen LogP contribution in [0.2, 0.25) is 0 Å². The number of fused-ring (bicyclic) bond motifs is 1. The van der Waals surface area contributed by atoms with E-state index >= 15 is 0 Å². The van der Waals surface area contributed by atoms with Crippen LogP contribution in [0.25, 0.3) is 0 Å². The van der Waals surface area contributed by atoms with Crippen LogP contribution in [0.5, 0.6) is 0 Å². The maximum atomic E-state index is 12.3. The third-order valence-corrected chi connectivity index (χ3v) is 5.05. The zero-order valence-electron chi connectivity index (χ0n) is 12.7. The van der Waals surface area contributed by atoms with Crippen LogP contribution in [-0.2, 0) is 16.4 Å². The van der Waals surface area contributed by atoms with Gasteiger partial charge in [0.2, 0.25) is 10.0 Å². The zero-order chi connectivity index (χ0) is 16.6. The van der Waals surface area contributed by atoms with Gasteiger partial charge in [-0.2, -0.15) is 0 Å². The second kappa shape index (κ2) is 5.79. The van der Waals surface area contributed by atoms with Gasteiger partial charge >= 0.3 is 0 Å². The molecule has 3 N–H and O–H groups in total. The number of amides is 1. The molecular weight excluding hydrogens is 312 g/mol. The molecule has 0 spiro atoms. The number of hydrogen-bond donors (Lipinski definition) is 2. The summed E-state index contributed by atoms with van der Waals surface area (Å²) in [4.78, 5) is 12.4. The summed E-state index contributed by atoms with van der Waals surface area (Å²) in [5.74, 6) is -0.127. The first-order valence-corrected chi connectivity index (χ1v) is 8.92. The van der Waals surface area contributed by atoms with Crippen molar-refractivity contribution >= 4 is 15.9 Å². The molecule has 1 atom stereocenters. The monoisotopic (exact) mass is 330 g/mol. The number of carbonyl (C=O) groups excluding carboxylic acids is 1. The molecule has 2 aromatic rings. The van der Waals surface area contributed by atoms with Gasteiger partial charge in [0, 0.05) is 5.56 Å². The number of benzene rings is 2. The van der Waals surface area contributed by atoms with Crippen molar-refractivity contribution in [2.45, 2.75) is 30.7 Å². The fraction of sp³-hybridized carbons (Fsp3) is 0.235. The Bertz CT molecular complexity index is 858. The molecular formula is C17H18N2O3S. The first-order valence-electron chi connectivity index (χ1n) is 7.38. The second-order valence-corrected chi connectivity index (χ2v) is 7.40. The molecule has 0 heterocycles. The van der Waals surface area contributed by atoms with Crippen molar-refractivity contribution in [1.82, 2.24) is 5.32 Å². The molecule has 2 aromatic carbocycles. The molecule has 0 saturated carbocycles. The summed E-state index contributed by atoms with van der Waals surface area (Å²) < 4.78 is 22.8. The summed E-state index contributed by atoms with van der Waals surface area (Å²) in [6.45, 7) is 1.97. The van der Waals surface area contributed by atoms with Gasteiger partial charge in [0.25, 0.3) is 5.91 Å². The molecule has 1 unspecified atom stereocenters.